The Morgan fingerprint density at radius 2 is 1.76 bits per heavy atom. The maximum absolute atomic E-state index is 13.9. The predicted molar refractivity (Wildman–Crippen MR) is 125 cm³/mol. The number of hydrogen-bond acceptors (Lipinski definition) is 4. The molecule has 6 nitrogen and oxygen atoms in total. The normalized spacial score (nSPS) is 10.9. The predicted octanol–water partition coefficient (Wildman–Crippen LogP) is 4.28. The number of halogens is 1. The van der Waals surface area contributed by atoms with Crippen LogP contribution in [0.25, 0.3) is 11.0 Å². The van der Waals surface area contributed by atoms with Crippen molar-refractivity contribution < 1.29 is 14.0 Å². The second-order valence-corrected chi connectivity index (χ2v) is 7.73. The Balaban J connectivity index is 1.76. The van der Waals surface area contributed by atoms with E-state index in [9.17, 15) is 18.8 Å². The SMILES string of the molecule is CCc1ccc(C(=O)c2cn(CC(=O)Nc3ccccc3F)c3nc(C)ccc3c2=O)cc1. The highest BCUT2D eigenvalue weighted by molar-refractivity contribution is 6.10. The largest absolute Gasteiger partial charge is 0.322 e. The van der Waals surface area contributed by atoms with Gasteiger partial charge in [0.1, 0.15) is 18.0 Å². The van der Waals surface area contributed by atoms with Gasteiger partial charge in [-0.2, -0.15) is 0 Å². The number of carbonyl (C=O) groups excluding carboxylic acids is 2. The van der Waals surface area contributed by atoms with Crippen LogP contribution < -0.4 is 10.7 Å². The van der Waals surface area contributed by atoms with Crippen LogP contribution in [0.4, 0.5) is 10.1 Å². The maximum atomic E-state index is 13.9. The lowest BCUT2D eigenvalue weighted by atomic mass is 10.0. The molecule has 0 saturated carbocycles. The summed E-state index contributed by atoms with van der Waals surface area (Å²) in [5.74, 6) is -1.51. The molecule has 166 valence electrons. The van der Waals surface area contributed by atoms with E-state index >= 15 is 0 Å². The van der Waals surface area contributed by atoms with Gasteiger partial charge in [0.05, 0.1) is 16.6 Å². The molecule has 1 amide bonds. The van der Waals surface area contributed by atoms with Gasteiger partial charge < -0.3 is 9.88 Å². The van der Waals surface area contributed by atoms with Crippen molar-refractivity contribution in [3.63, 3.8) is 0 Å². The first-order valence-corrected chi connectivity index (χ1v) is 10.6. The van der Waals surface area contributed by atoms with Gasteiger partial charge in [0.15, 0.2) is 5.78 Å². The van der Waals surface area contributed by atoms with Crippen molar-refractivity contribution >= 4 is 28.4 Å². The van der Waals surface area contributed by atoms with Crippen molar-refractivity contribution in [2.24, 2.45) is 0 Å². The van der Waals surface area contributed by atoms with E-state index in [1.807, 2.05) is 19.1 Å². The fraction of sp³-hybridized carbons (Fsp3) is 0.154. The molecule has 0 aliphatic rings. The minimum atomic E-state index is -0.559. The average molecular weight is 443 g/mol. The number of benzene rings is 2. The van der Waals surface area contributed by atoms with E-state index in [0.717, 1.165) is 12.0 Å². The van der Waals surface area contributed by atoms with Crippen LogP contribution in [0, 0.1) is 12.7 Å². The second kappa shape index (κ2) is 9.16. The Morgan fingerprint density at radius 3 is 2.45 bits per heavy atom. The first-order chi connectivity index (χ1) is 15.9. The highest BCUT2D eigenvalue weighted by Crippen LogP contribution is 2.16. The molecule has 4 rings (SSSR count). The van der Waals surface area contributed by atoms with Gasteiger partial charge in [-0.3, -0.25) is 14.4 Å². The third kappa shape index (κ3) is 4.57. The summed E-state index contributed by atoms with van der Waals surface area (Å²) in [6, 6.07) is 16.2. The number of pyridine rings is 2. The maximum Gasteiger partial charge on any atom is 0.244 e. The zero-order valence-corrected chi connectivity index (χ0v) is 18.3. The minimum Gasteiger partial charge on any atom is -0.322 e. The van der Waals surface area contributed by atoms with E-state index in [-0.39, 0.29) is 28.8 Å². The zero-order valence-electron chi connectivity index (χ0n) is 18.3. The van der Waals surface area contributed by atoms with E-state index in [1.165, 1.54) is 29.0 Å². The standard InChI is InChI=1S/C26H22FN3O3/c1-3-17-9-11-18(12-10-17)24(32)20-14-30(26-19(25(20)33)13-8-16(2)28-26)15-23(31)29-22-7-5-4-6-21(22)27/h4-14H,3,15H2,1-2H3,(H,29,31). The van der Waals surface area contributed by atoms with E-state index in [4.69, 9.17) is 0 Å². The highest BCUT2D eigenvalue weighted by Gasteiger charge is 2.19. The number of rotatable bonds is 6. The molecule has 1 N–H and O–H groups in total. The monoisotopic (exact) mass is 443 g/mol. The molecule has 2 aromatic carbocycles. The molecule has 0 bridgehead atoms. The summed E-state index contributed by atoms with van der Waals surface area (Å²) >= 11 is 0. The van der Waals surface area contributed by atoms with Gasteiger partial charge in [0.25, 0.3) is 0 Å². The molecule has 0 spiro atoms. The summed E-state index contributed by atoms with van der Waals surface area (Å²) in [5.41, 5.74) is 1.92. The van der Waals surface area contributed by atoms with Gasteiger partial charge >= 0.3 is 0 Å². The van der Waals surface area contributed by atoms with Crippen LogP contribution in [-0.2, 0) is 17.8 Å². The van der Waals surface area contributed by atoms with Crippen LogP contribution in [0.5, 0.6) is 0 Å². The minimum absolute atomic E-state index is 0.0457. The van der Waals surface area contributed by atoms with Gasteiger partial charge in [-0.1, -0.05) is 43.3 Å². The Hall–Kier alpha value is -4.13. The lowest BCUT2D eigenvalue weighted by Crippen LogP contribution is -2.25. The molecular weight excluding hydrogens is 421 g/mol. The number of nitrogens with one attached hydrogen (secondary N) is 1. The molecular formula is C26H22FN3O3. The molecule has 0 radical (unpaired) electrons. The molecule has 33 heavy (non-hydrogen) atoms. The van der Waals surface area contributed by atoms with Crippen LogP contribution in [0.3, 0.4) is 0 Å². The zero-order chi connectivity index (χ0) is 23.5. The Bertz CT molecular complexity index is 1430. The molecule has 0 aliphatic heterocycles. The summed E-state index contributed by atoms with van der Waals surface area (Å²) < 4.78 is 15.4. The number of ketones is 1. The fourth-order valence-electron chi connectivity index (χ4n) is 3.60. The number of anilines is 1. The van der Waals surface area contributed by atoms with Crippen LogP contribution in [0.15, 0.2) is 71.7 Å². The molecule has 0 saturated heterocycles. The number of nitrogens with zero attached hydrogens (tertiary/aromatic N) is 2. The van der Waals surface area contributed by atoms with Gasteiger partial charge in [0.2, 0.25) is 11.3 Å². The van der Waals surface area contributed by atoms with E-state index < -0.39 is 22.9 Å². The Morgan fingerprint density at radius 1 is 1.03 bits per heavy atom. The molecule has 2 aromatic heterocycles. The number of carbonyl (C=O) groups is 2. The number of hydrogen-bond donors (Lipinski definition) is 1. The lowest BCUT2D eigenvalue weighted by molar-refractivity contribution is -0.116. The van der Waals surface area contributed by atoms with Crippen molar-refractivity contribution in [1.82, 2.24) is 9.55 Å². The van der Waals surface area contributed by atoms with E-state index in [1.54, 1.807) is 37.3 Å². The Labute approximate surface area is 189 Å². The van der Waals surface area contributed by atoms with Crippen molar-refractivity contribution in [3.8, 4) is 0 Å². The number of para-hydroxylation sites is 1. The van der Waals surface area contributed by atoms with Crippen molar-refractivity contribution in [1.29, 1.82) is 0 Å². The number of aromatic nitrogens is 2. The molecule has 0 fully saturated rings. The summed E-state index contributed by atoms with van der Waals surface area (Å²) in [6.45, 7) is 3.53. The van der Waals surface area contributed by atoms with E-state index in [2.05, 4.69) is 10.3 Å². The topological polar surface area (TPSA) is 81.1 Å². The van der Waals surface area contributed by atoms with Gasteiger partial charge in [-0.25, -0.2) is 9.37 Å². The first-order valence-electron chi connectivity index (χ1n) is 10.6. The average Bonchev–Trinajstić information content (AvgIpc) is 2.82. The lowest BCUT2D eigenvalue weighted by Gasteiger charge is -2.13. The number of amides is 1. The van der Waals surface area contributed by atoms with Crippen molar-refractivity contribution in [2.75, 3.05) is 5.32 Å². The molecule has 2 heterocycles. The molecule has 0 atom stereocenters. The van der Waals surface area contributed by atoms with Crippen LogP contribution in [0.1, 0.15) is 34.1 Å². The quantitative estimate of drug-likeness (QED) is 0.451. The molecule has 4 aromatic rings. The second-order valence-electron chi connectivity index (χ2n) is 7.73. The van der Waals surface area contributed by atoms with Gasteiger partial charge in [-0.15, -0.1) is 0 Å². The van der Waals surface area contributed by atoms with E-state index in [0.29, 0.717) is 11.3 Å². The fourth-order valence-corrected chi connectivity index (χ4v) is 3.60. The van der Waals surface area contributed by atoms with Crippen LogP contribution in [-0.4, -0.2) is 21.2 Å². The molecule has 7 heteroatoms. The van der Waals surface area contributed by atoms with Crippen molar-refractivity contribution in [3.05, 3.63) is 105 Å². The third-order valence-electron chi connectivity index (χ3n) is 5.39. The number of fused-ring (bicyclic) bond motifs is 1. The van der Waals surface area contributed by atoms with Crippen LogP contribution in [0.2, 0.25) is 0 Å². The summed E-state index contributed by atoms with van der Waals surface area (Å²) in [5, 5.41) is 2.75. The summed E-state index contributed by atoms with van der Waals surface area (Å²) in [4.78, 5) is 43.4. The van der Waals surface area contributed by atoms with Gasteiger partial charge in [-0.05, 0) is 43.2 Å². The summed E-state index contributed by atoms with van der Waals surface area (Å²) in [7, 11) is 0. The molecule has 0 aliphatic carbocycles. The first kappa shape index (κ1) is 22.1. The van der Waals surface area contributed by atoms with Gasteiger partial charge in [0, 0.05) is 17.5 Å². The van der Waals surface area contributed by atoms with Crippen LogP contribution >= 0.6 is 0 Å². The number of aryl methyl sites for hydroxylation is 2. The third-order valence-corrected chi connectivity index (χ3v) is 5.39. The Kier molecular flexibility index (Phi) is 6.13. The smallest absolute Gasteiger partial charge is 0.244 e. The summed E-state index contributed by atoms with van der Waals surface area (Å²) in [6.07, 6.45) is 2.19. The van der Waals surface area contributed by atoms with Crippen molar-refractivity contribution in [2.45, 2.75) is 26.8 Å². The molecule has 0 unspecified atom stereocenters. The highest BCUT2D eigenvalue weighted by atomic mass is 19.1.